The zero-order valence-electron chi connectivity index (χ0n) is 13.5. The van der Waals surface area contributed by atoms with Gasteiger partial charge in [0.1, 0.15) is 0 Å². The smallest absolute Gasteiger partial charge is 0.329 e. The number of aromatic nitrogens is 2. The van der Waals surface area contributed by atoms with Gasteiger partial charge in [0.15, 0.2) is 4.90 Å². The molecule has 0 radical (unpaired) electrons. The van der Waals surface area contributed by atoms with Crippen LogP contribution in [0.3, 0.4) is 0 Å². The average molecular weight is 352 g/mol. The van der Waals surface area contributed by atoms with E-state index in [4.69, 9.17) is 5.73 Å². The summed E-state index contributed by atoms with van der Waals surface area (Å²) in [6.07, 6.45) is 1.05. The van der Waals surface area contributed by atoms with Crippen molar-refractivity contribution in [3.8, 4) is 0 Å². The minimum atomic E-state index is -4.09. The zero-order chi connectivity index (χ0) is 17.9. The maximum atomic E-state index is 12.9. The fraction of sp³-hybridized carbons (Fsp3) is 0.333. The van der Waals surface area contributed by atoms with Crippen LogP contribution >= 0.6 is 0 Å². The predicted octanol–water partition coefficient (Wildman–Crippen LogP) is -0.766. The molecule has 0 bridgehead atoms. The number of hydrogen-bond donors (Lipinski definition) is 1. The fourth-order valence-corrected chi connectivity index (χ4v) is 3.90. The van der Waals surface area contributed by atoms with Gasteiger partial charge in [-0.15, -0.1) is 0 Å². The molecular formula is C15H20N4O4S. The highest BCUT2D eigenvalue weighted by molar-refractivity contribution is 7.89. The molecule has 2 rings (SSSR count). The molecule has 8 nitrogen and oxygen atoms in total. The van der Waals surface area contributed by atoms with Crippen molar-refractivity contribution in [1.29, 1.82) is 0 Å². The Hall–Kier alpha value is -2.23. The molecule has 0 aliphatic heterocycles. The van der Waals surface area contributed by atoms with Crippen LogP contribution in [0.5, 0.6) is 0 Å². The molecule has 130 valence electrons. The van der Waals surface area contributed by atoms with Crippen molar-refractivity contribution in [3.05, 3.63) is 62.9 Å². The fourth-order valence-electron chi connectivity index (χ4n) is 2.31. The zero-order valence-corrected chi connectivity index (χ0v) is 14.4. The minimum absolute atomic E-state index is 0.0588. The van der Waals surface area contributed by atoms with E-state index in [9.17, 15) is 18.0 Å². The standard InChI is InChI=1S/C15H20N4O4S/c1-17-11-13(14(20)18(2)15(17)21)24(22,23)19(9-8-16)10-12-6-4-3-5-7-12/h3-7,11H,8-10,16H2,1-2H3. The summed E-state index contributed by atoms with van der Waals surface area (Å²) in [5, 5.41) is 0. The molecule has 2 N–H and O–H groups in total. The lowest BCUT2D eigenvalue weighted by atomic mass is 10.2. The minimum Gasteiger partial charge on any atom is -0.329 e. The van der Waals surface area contributed by atoms with E-state index in [0.29, 0.717) is 0 Å². The molecule has 1 heterocycles. The van der Waals surface area contributed by atoms with Gasteiger partial charge < -0.3 is 10.3 Å². The number of nitrogens with zero attached hydrogens (tertiary/aromatic N) is 3. The largest absolute Gasteiger partial charge is 0.330 e. The Bertz CT molecular complexity index is 932. The van der Waals surface area contributed by atoms with Gasteiger partial charge in [-0.1, -0.05) is 30.3 Å². The summed E-state index contributed by atoms with van der Waals surface area (Å²) in [7, 11) is -1.46. The van der Waals surface area contributed by atoms with Crippen molar-refractivity contribution in [2.45, 2.75) is 11.4 Å². The predicted molar refractivity (Wildman–Crippen MR) is 90.0 cm³/mol. The van der Waals surface area contributed by atoms with Crippen LogP contribution in [0.4, 0.5) is 0 Å². The molecule has 9 heteroatoms. The van der Waals surface area contributed by atoms with Gasteiger partial charge in [-0.25, -0.2) is 13.2 Å². The topological polar surface area (TPSA) is 107 Å². The Morgan fingerprint density at radius 2 is 1.75 bits per heavy atom. The number of benzene rings is 1. The number of sulfonamides is 1. The second-order valence-electron chi connectivity index (χ2n) is 5.36. The molecule has 0 spiro atoms. The Morgan fingerprint density at radius 3 is 2.33 bits per heavy atom. The molecule has 0 saturated carbocycles. The van der Waals surface area contributed by atoms with E-state index in [1.54, 1.807) is 24.3 Å². The summed E-state index contributed by atoms with van der Waals surface area (Å²) >= 11 is 0. The number of rotatable bonds is 6. The van der Waals surface area contributed by atoms with Gasteiger partial charge >= 0.3 is 5.69 Å². The van der Waals surface area contributed by atoms with Crippen LogP contribution in [0.1, 0.15) is 5.56 Å². The van der Waals surface area contributed by atoms with Gasteiger partial charge in [-0.2, -0.15) is 4.31 Å². The molecular weight excluding hydrogens is 332 g/mol. The third-order valence-corrected chi connectivity index (χ3v) is 5.44. The van der Waals surface area contributed by atoms with Crippen molar-refractivity contribution >= 4 is 10.0 Å². The van der Waals surface area contributed by atoms with Crippen LogP contribution in [-0.2, 0) is 30.7 Å². The third kappa shape index (κ3) is 3.48. The van der Waals surface area contributed by atoms with Gasteiger partial charge in [-0.3, -0.25) is 9.36 Å². The third-order valence-electron chi connectivity index (χ3n) is 3.61. The highest BCUT2D eigenvalue weighted by Crippen LogP contribution is 2.14. The lowest BCUT2D eigenvalue weighted by Gasteiger charge is -2.21. The molecule has 0 saturated heterocycles. The molecule has 0 unspecified atom stereocenters. The van der Waals surface area contributed by atoms with Crippen LogP contribution in [0.25, 0.3) is 0 Å². The SMILES string of the molecule is Cn1cc(S(=O)(=O)N(CCN)Cc2ccccc2)c(=O)n(C)c1=O. The number of aryl methyl sites for hydroxylation is 1. The van der Waals surface area contributed by atoms with Crippen LogP contribution in [0.15, 0.2) is 51.0 Å². The molecule has 0 atom stereocenters. The van der Waals surface area contributed by atoms with Gasteiger partial charge in [0.05, 0.1) is 0 Å². The van der Waals surface area contributed by atoms with E-state index in [1.165, 1.54) is 14.1 Å². The van der Waals surface area contributed by atoms with Gasteiger partial charge in [-0.05, 0) is 5.56 Å². The number of nitrogens with two attached hydrogens (primary N) is 1. The van der Waals surface area contributed by atoms with Crippen molar-refractivity contribution < 1.29 is 8.42 Å². The summed E-state index contributed by atoms with van der Waals surface area (Å²) in [4.78, 5) is 23.6. The molecule has 0 fully saturated rings. The van der Waals surface area contributed by atoms with E-state index in [0.717, 1.165) is 25.2 Å². The quantitative estimate of drug-likeness (QED) is 0.735. The van der Waals surface area contributed by atoms with Crippen LogP contribution in [-0.4, -0.2) is 34.9 Å². The monoisotopic (exact) mass is 352 g/mol. The van der Waals surface area contributed by atoms with E-state index >= 15 is 0 Å². The Morgan fingerprint density at radius 1 is 1.12 bits per heavy atom. The first-order valence-corrected chi connectivity index (χ1v) is 8.74. The van der Waals surface area contributed by atoms with E-state index < -0.39 is 26.2 Å². The van der Waals surface area contributed by atoms with E-state index in [-0.39, 0.29) is 19.6 Å². The lowest BCUT2D eigenvalue weighted by molar-refractivity contribution is 0.411. The maximum Gasteiger partial charge on any atom is 0.330 e. The Labute approximate surface area is 139 Å². The molecule has 1 aromatic heterocycles. The van der Waals surface area contributed by atoms with Crippen LogP contribution < -0.4 is 17.0 Å². The number of hydrogen-bond acceptors (Lipinski definition) is 5. The first-order valence-electron chi connectivity index (χ1n) is 7.30. The maximum absolute atomic E-state index is 12.9. The molecule has 1 aromatic carbocycles. The van der Waals surface area contributed by atoms with Gasteiger partial charge in [0.2, 0.25) is 10.0 Å². The van der Waals surface area contributed by atoms with Crippen molar-refractivity contribution in [3.63, 3.8) is 0 Å². The Balaban J connectivity index is 2.54. The summed E-state index contributed by atoms with van der Waals surface area (Å²) in [5.74, 6) is 0. The molecule has 0 aliphatic rings. The summed E-state index contributed by atoms with van der Waals surface area (Å²) in [6, 6.07) is 9.01. The second-order valence-corrected chi connectivity index (χ2v) is 7.27. The van der Waals surface area contributed by atoms with Crippen LogP contribution in [0, 0.1) is 0 Å². The Kier molecular flexibility index (Phi) is 5.37. The van der Waals surface area contributed by atoms with E-state index in [2.05, 4.69) is 0 Å². The molecule has 24 heavy (non-hydrogen) atoms. The van der Waals surface area contributed by atoms with Crippen molar-refractivity contribution in [2.75, 3.05) is 13.1 Å². The highest BCUT2D eigenvalue weighted by Gasteiger charge is 2.28. The lowest BCUT2D eigenvalue weighted by Crippen LogP contribution is -2.43. The summed E-state index contributed by atoms with van der Waals surface area (Å²) in [6.45, 7) is 0.258. The van der Waals surface area contributed by atoms with Crippen molar-refractivity contribution in [2.24, 2.45) is 19.8 Å². The van der Waals surface area contributed by atoms with Crippen molar-refractivity contribution in [1.82, 2.24) is 13.4 Å². The van der Waals surface area contributed by atoms with Crippen LogP contribution in [0.2, 0.25) is 0 Å². The van der Waals surface area contributed by atoms with E-state index in [1.807, 2.05) is 6.07 Å². The second kappa shape index (κ2) is 7.12. The molecule has 0 amide bonds. The molecule has 0 aliphatic carbocycles. The normalized spacial score (nSPS) is 11.8. The summed E-state index contributed by atoms with van der Waals surface area (Å²) in [5.41, 5.74) is 4.87. The first-order chi connectivity index (χ1) is 11.3. The van der Waals surface area contributed by atoms with Gasteiger partial charge in [0, 0.05) is 39.9 Å². The summed E-state index contributed by atoms with van der Waals surface area (Å²) < 4.78 is 28.8. The first kappa shape index (κ1) is 18.1. The average Bonchev–Trinajstić information content (AvgIpc) is 2.56. The molecule has 2 aromatic rings. The highest BCUT2D eigenvalue weighted by atomic mass is 32.2. The van der Waals surface area contributed by atoms with Gasteiger partial charge in [0.25, 0.3) is 5.56 Å².